The number of ether oxygens (including phenoxy) is 1. The van der Waals surface area contributed by atoms with Gasteiger partial charge in [0.25, 0.3) is 5.91 Å². The second-order valence-corrected chi connectivity index (χ2v) is 6.56. The number of anilines is 1. The first-order valence-corrected chi connectivity index (χ1v) is 8.01. The number of hydrogen-bond acceptors (Lipinski definition) is 4. The molecule has 2 heterocycles. The maximum Gasteiger partial charge on any atom is 0.251 e. The van der Waals surface area contributed by atoms with Crippen LogP contribution in [-0.2, 0) is 4.74 Å². The van der Waals surface area contributed by atoms with Crippen LogP contribution in [0, 0.1) is 0 Å². The molecule has 0 aliphatic carbocycles. The molecule has 5 nitrogen and oxygen atoms in total. The molecule has 1 atom stereocenters. The number of benzene rings is 1. The normalized spacial score (nSPS) is 23.5. The topological polar surface area (TPSA) is 53.6 Å². The minimum atomic E-state index is -0.0192. The molecule has 0 aromatic heterocycles. The fraction of sp³-hybridized carbons (Fsp3) is 0.588. The van der Waals surface area contributed by atoms with Crippen molar-refractivity contribution < 1.29 is 9.53 Å². The van der Waals surface area contributed by atoms with Crippen LogP contribution >= 0.6 is 0 Å². The third-order valence-corrected chi connectivity index (χ3v) is 4.68. The van der Waals surface area contributed by atoms with E-state index < -0.39 is 0 Å². The van der Waals surface area contributed by atoms with Crippen molar-refractivity contribution in [2.75, 3.05) is 38.7 Å². The molecule has 5 heteroatoms. The van der Waals surface area contributed by atoms with E-state index >= 15 is 0 Å². The average Bonchev–Trinajstić information content (AvgIpc) is 2.90. The maximum atomic E-state index is 12.4. The Morgan fingerprint density at radius 3 is 2.86 bits per heavy atom. The molecular weight excluding hydrogens is 278 g/mol. The van der Waals surface area contributed by atoms with E-state index in [-0.39, 0.29) is 17.6 Å². The molecule has 2 N–H and O–H groups in total. The van der Waals surface area contributed by atoms with Crippen molar-refractivity contribution in [2.24, 2.45) is 0 Å². The Morgan fingerprint density at radius 2 is 2.14 bits per heavy atom. The lowest BCUT2D eigenvalue weighted by atomic mass is 9.88. The van der Waals surface area contributed by atoms with Gasteiger partial charge in [-0.15, -0.1) is 0 Å². The van der Waals surface area contributed by atoms with E-state index in [1.165, 1.54) is 0 Å². The molecule has 1 unspecified atom stereocenters. The first-order chi connectivity index (χ1) is 10.6. The van der Waals surface area contributed by atoms with E-state index in [1.54, 1.807) is 0 Å². The van der Waals surface area contributed by atoms with Crippen LogP contribution in [-0.4, -0.2) is 51.3 Å². The zero-order valence-corrected chi connectivity index (χ0v) is 13.4. The van der Waals surface area contributed by atoms with Gasteiger partial charge in [-0.25, -0.2) is 0 Å². The monoisotopic (exact) mass is 303 g/mol. The summed E-state index contributed by atoms with van der Waals surface area (Å²) < 4.78 is 6.03. The molecule has 2 aliphatic heterocycles. The number of piperidine rings is 1. The van der Waals surface area contributed by atoms with Gasteiger partial charge in [-0.1, -0.05) is 6.07 Å². The lowest BCUT2D eigenvalue weighted by Crippen LogP contribution is -2.43. The minimum Gasteiger partial charge on any atom is -0.378 e. The second-order valence-electron chi connectivity index (χ2n) is 6.56. The van der Waals surface area contributed by atoms with Crippen LogP contribution in [0.5, 0.6) is 0 Å². The minimum absolute atomic E-state index is 0.0108. The van der Waals surface area contributed by atoms with Gasteiger partial charge in [-0.05, 0) is 50.6 Å². The fourth-order valence-electron chi connectivity index (χ4n) is 3.36. The van der Waals surface area contributed by atoms with Gasteiger partial charge >= 0.3 is 0 Å². The van der Waals surface area contributed by atoms with Gasteiger partial charge in [-0.2, -0.15) is 0 Å². The van der Waals surface area contributed by atoms with Crippen LogP contribution in [0.15, 0.2) is 24.3 Å². The Bertz CT molecular complexity index is 538. The predicted molar refractivity (Wildman–Crippen MR) is 87.4 cm³/mol. The van der Waals surface area contributed by atoms with Crippen molar-refractivity contribution in [1.29, 1.82) is 0 Å². The van der Waals surface area contributed by atoms with Crippen LogP contribution in [0.4, 0.5) is 5.69 Å². The molecule has 2 fully saturated rings. The summed E-state index contributed by atoms with van der Waals surface area (Å²) in [6, 6.07) is 7.82. The lowest BCUT2D eigenvalue weighted by molar-refractivity contribution is -0.0194. The Labute approximate surface area is 132 Å². The smallest absolute Gasteiger partial charge is 0.251 e. The molecule has 22 heavy (non-hydrogen) atoms. The average molecular weight is 303 g/mol. The molecule has 1 aromatic carbocycles. The van der Waals surface area contributed by atoms with Gasteiger partial charge < -0.3 is 20.3 Å². The fourth-order valence-corrected chi connectivity index (χ4v) is 3.36. The Balaban J connectivity index is 1.61. The second kappa shape index (κ2) is 6.26. The molecule has 2 saturated heterocycles. The summed E-state index contributed by atoms with van der Waals surface area (Å²) in [6.07, 6.45) is 3.00. The zero-order valence-electron chi connectivity index (χ0n) is 13.4. The summed E-state index contributed by atoms with van der Waals surface area (Å²) in [5, 5.41) is 6.49. The highest BCUT2D eigenvalue weighted by Gasteiger charge is 2.41. The number of carbonyl (C=O) groups is 1. The van der Waals surface area contributed by atoms with Crippen LogP contribution in [0.3, 0.4) is 0 Å². The summed E-state index contributed by atoms with van der Waals surface area (Å²) in [7, 11) is 3.95. The summed E-state index contributed by atoms with van der Waals surface area (Å²) in [4.78, 5) is 14.4. The summed E-state index contributed by atoms with van der Waals surface area (Å²) in [5.74, 6) is -0.0108. The van der Waals surface area contributed by atoms with Crippen molar-refractivity contribution in [3.63, 3.8) is 0 Å². The third-order valence-electron chi connectivity index (χ3n) is 4.68. The van der Waals surface area contributed by atoms with Crippen molar-refractivity contribution in [2.45, 2.75) is 30.9 Å². The van der Waals surface area contributed by atoms with Gasteiger partial charge in [0.15, 0.2) is 0 Å². The summed E-state index contributed by atoms with van der Waals surface area (Å²) in [5.41, 5.74) is 1.72. The number of nitrogens with one attached hydrogen (secondary N) is 2. The highest BCUT2D eigenvalue weighted by atomic mass is 16.5. The molecule has 0 radical (unpaired) electrons. The van der Waals surface area contributed by atoms with Crippen molar-refractivity contribution in [1.82, 2.24) is 10.6 Å². The molecule has 1 aromatic rings. The quantitative estimate of drug-likeness (QED) is 0.886. The standard InChI is InChI=1S/C17H25N3O2/c1-20(2)15-5-3-4-13(10-15)16(21)19-14-11-17(22-12-14)6-8-18-9-7-17/h3-5,10,14,18H,6-9,11-12H2,1-2H3,(H,19,21). The SMILES string of the molecule is CN(C)c1cccc(C(=O)NC2COC3(CCNCC3)C2)c1. The van der Waals surface area contributed by atoms with Crippen LogP contribution in [0.2, 0.25) is 0 Å². The summed E-state index contributed by atoms with van der Waals surface area (Å²) >= 11 is 0. The third kappa shape index (κ3) is 3.25. The largest absolute Gasteiger partial charge is 0.378 e. The lowest BCUT2D eigenvalue weighted by Gasteiger charge is -2.32. The van der Waals surface area contributed by atoms with Crippen LogP contribution in [0.1, 0.15) is 29.6 Å². The zero-order chi connectivity index (χ0) is 15.6. The highest BCUT2D eigenvalue weighted by Crippen LogP contribution is 2.34. The van der Waals surface area contributed by atoms with E-state index in [9.17, 15) is 4.79 Å². The maximum absolute atomic E-state index is 12.4. The Kier molecular flexibility index (Phi) is 4.36. The van der Waals surface area contributed by atoms with Gasteiger partial charge in [0.1, 0.15) is 0 Å². The van der Waals surface area contributed by atoms with Gasteiger partial charge in [-0.3, -0.25) is 4.79 Å². The van der Waals surface area contributed by atoms with Crippen LogP contribution < -0.4 is 15.5 Å². The molecule has 0 saturated carbocycles. The molecule has 1 amide bonds. The van der Waals surface area contributed by atoms with E-state index in [4.69, 9.17) is 4.74 Å². The van der Waals surface area contributed by atoms with E-state index in [0.29, 0.717) is 12.2 Å². The molecule has 3 rings (SSSR count). The van der Waals surface area contributed by atoms with Crippen molar-refractivity contribution in [3.05, 3.63) is 29.8 Å². The Morgan fingerprint density at radius 1 is 1.36 bits per heavy atom. The molecule has 120 valence electrons. The number of hydrogen-bond donors (Lipinski definition) is 2. The van der Waals surface area contributed by atoms with Crippen molar-refractivity contribution >= 4 is 11.6 Å². The number of amides is 1. The van der Waals surface area contributed by atoms with Crippen LogP contribution in [0.25, 0.3) is 0 Å². The first kappa shape index (κ1) is 15.3. The molecule has 0 bridgehead atoms. The predicted octanol–water partition coefficient (Wildman–Crippen LogP) is 1.39. The van der Waals surface area contributed by atoms with Crippen molar-refractivity contribution in [3.8, 4) is 0 Å². The number of carbonyl (C=O) groups excluding carboxylic acids is 1. The molecule has 2 aliphatic rings. The summed E-state index contributed by atoms with van der Waals surface area (Å²) in [6.45, 7) is 2.64. The Hall–Kier alpha value is -1.59. The van der Waals surface area contributed by atoms with E-state index in [0.717, 1.165) is 38.0 Å². The van der Waals surface area contributed by atoms with Gasteiger partial charge in [0.2, 0.25) is 0 Å². The van der Waals surface area contributed by atoms with E-state index in [1.807, 2.05) is 43.3 Å². The van der Waals surface area contributed by atoms with E-state index in [2.05, 4.69) is 10.6 Å². The molecular formula is C17H25N3O2. The van der Waals surface area contributed by atoms with Gasteiger partial charge in [0.05, 0.1) is 18.2 Å². The highest BCUT2D eigenvalue weighted by molar-refractivity contribution is 5.95. The first-order valence-electron chi connectivity index (χ1n) is 8.01. The number of nitrogens with zero attached hydrogens (tertiary/aromatic N) is 1. The number of rotatable bonds is 3. The molecule has 1 spiro atoms. The van der Waals surface area contributed by atoms with Gasteiger partial charge in [0, 0.05) is 25.3 Å².